The zero-order valence-electron chi connectivity index (χ0n) is 18.7. The van der Waals surface area contributed by atoms with E-state index in [2.05, 4.69) is 24.5 Å². The Morgan fingerprint density at radius 3 is 2.50 bits per heavy atom. The molecule has 1 heterocycles. The van der Waals surface area contributed by atoms with Crippen LogP contribution in [0.2, 0.25) is 0 Å². The minimum Gasteiger partial charge on any atom is -0.494 e. The number of piperidine rings is 1. The first-order chi connectivity index (χ1) is 15.4. The van der Waals surface area contributed by atoms with E-state index in [9.17, 15) is 9.59 Å². The lowest BCUT2D eigenvalue weighted by Crippen LogP contribution is -2.36. The number of rotatable bonds is 7. The predicted molar refractivity (Wildman–Crippen MR) is 131 cm³/mol. The lowest BCUT2D eigenvalue weighted by Gasteiger charge is -2.26. The molecule has 1 aliphatic heterocycles. The summed E-state index contributed by atoms with van der Waals surface area (Å²) in [5.74, 6) is 0.912. The van der Waals surface area contributed by atoms with E-state index in [-0.39, 0.29) is 16.9 Å². The highest BCUT2D eigenvalue weighted by atomic mass is 32.1. The minimum absolute atomic E-state index is 0.0255. The number of amides is 2. The van der Waals surface area contributed by atoms with Crippen LogP contribution in [-0.2, 0) is 0 Å². The van der Waals surface area contributed by atoms with Gasteiger partial charge in [0.05, 0.1) is 6.61 Å². The predicted octanol–water partition coefficient (Wildman–Crippen LogP) is 4.86. The highest BCUT2D eigenvalue weighted by molar-refractivity contribution is 7.80. The minimum atomic E-state index is -0.322. The number of carbonyl (C=O) groups is 2. The Bertz CT molecular complexity index is 955. The first-order valence-electron chi connectivity index (χ1n) is 11.2. The number of hydrogen-bond donors (Lipinski definition) is 2. The van der Waals surface area contributed by atoms with Crippen molar-refractivity contribution < 1.29 is 14.3 Å². The van der Waals surface area contributed by atoms with Gasteiger partial charge < -0.3 is 15.0 Å². The summed E-state index contributed by atoms with van der Waals surface area (Å²) < 4.78 is 5.73. The average Bonchev–Trinajstić information content (AvgIpc) is 2.79. The SMILES string of the molecule is CC(C)CCOc1cccc(C(=O)NC(=S)Nc2cccc(C(=O)N3CCCCC3)c2)c1. The van der Waals surface area contributed by atoms with Crippen LogP contribution in [0.5, 0.6) is 5.75 Å². The van der Waals surface area contributed by atoms with E-state index in [0.717, 1.165) is 32.4 Å². The van der Waals surface area contributed by atoms with Crippen LogP contribution in [0.1, 0.15) is 60.2 Å². The molecule has 2 amide bonds. The summed E-state index contributed by atoms with van der Waals surface area (Å²) in [7, 11) is 0. The summed E-state index contributed by atoms with van der Waals surface area (Å²) in [5, 5.41) is 5.86. The summed E-state index contributed by atoms with van der Waals surface area (Å²) in [4.78, 5) is 27.2. The highest BCUT2D eigenvalue weighted by Crippen LogP contribution is 2.17. The van der Waals surface area contributed by atoms with Gasteiger partial charge in [0.25, 0.3) is 11.8 Å². The molecule has 170 valence electrons. The lowest BCUT2D eigenvalue weighted by molar-refractivity contribution is 0.0724. The van der Waals surface area contributed by atoms with Gasteiger partial charge in [-0.25, -0.2) is 0 Å². The first-order valence-corrected chi connectivity index (χ1v) is 11.6. The van der Waals surface area contributed by atoms with Crippen molar-refractivity contribution in [2.45, 2.75) is 39.5 Å². The molecule has 7 heteroatoms. The maximum atomic E-state index is 12.7. The van der Waals surface area contributed by atoms with Crippen LogP contribution >= 0.6 is 12.2 Å². The maximum Gasteiger partial charge on any atom is 0.257 e. The summed E-state index contributed by atoms with van der Waals surface area (Å²) in [6.07, 6.45) is 4.21. The van der Waals surface area contributed by atoms with Gasteiger partial charge in [0.2, 0.25) is 0 Å². The molecule has 2 N–H and O–H groups in total. The fraction of sp³-hybridized carbons (Fsp3) is 0.400. The van der Waals surface area contributed by atoms with Crippen molar-refractivity contribution in [3.8, 4) is 5.75 Å². The normalized spacial score (nSPS) is 13.5. The van der Waals surface area contributed by atoms with Gasteiger partial charge in [-0.15, -0.1) is 0 Å². The number of carbonyl (C=O) groups excluding carboxylic acids is 2. The molecular formula is C25H31N3O3S. The average molecular weight is 454 g/mol. The number of thiocarbonyl (C=S) groups is 1. The number of nitrogens with one attached hydrogen (secondary N) is 2. The molecule has 1 fully saturated rings. The molecule has 2 aromatic rings. The summed E-state index contributed by atoms with van der Waals surface area (Å²) in [5.41, 5.74) is 1.73. The van der Waals surface area contributed by atoms with E-state index in [1.165, 1.54) is 6.42 Å². The highest BCUT2D eigenvalue weighted by Gasteiger charge is 2.18. The van der Waals surface area contributed by atoms with Crippen molar-refractivity contribution in [3.63, 3.8) is 0 Å². The molecule has 0 radical (unpaired) electrons. The summed E-state index contributed by atoms with van der Waals surface area (Å²) in [6.45, 7) is 6.48. The van der Waals surface area contributed by atoms with Crippen molar-refractivity contribution in [2.75, 3.05) is 25.0 Å². The van der Waals surface area contributed by atoms with E-state index >= 15 is 0 Å². The van der Waals surface area contributed by atoms with Crippen LogP contribution in [0.3, 0.4) is 0 Å². The van der Waals surface area contributed by atoms with Crippen LogP contribution in [0.25, 0.3) is 0 Å². The van der Waals surface area contributed by atoms with Crippen molar-refractivity contribution in [3.05, 3.63) is 59.7 Å². The second kappa shape index (κ2) is 11.6. The molecule has 1 saturated heterocycles. The Kier molecular flexibility index (Phi) is 8.62. The number of ether oxygens (including phenoxy) is 1. The number of hydrogen-bond acceptors (Lipinski definition) is 4. The Balaban J connectivity index is 1.56. The van der Waals surface area contributed by atoms with Gasteiger partial charge in [-0.2, -0.15) is 0 Å². The third kappa shape index (κ3) is 7.05. The van der Waals surface area contributed by atoms with Crippen LogP contribution < -0.4 is 15.4 Å². The Labute approximate surface area is 195 Å². The van der Waals surface area contributed by atoms with E-state index < -0.39 is 0 Å². The number of benzene rings is 2. The molecule has 0 spiro atoms. The Morgan fingerprint density at radius 2 is 1.75 bits per heavy atom. The molecule has 0 saturated carbocycles. The molecule has 2 aromatic carbocycles. The van der Waals surface area contributed by atoms with Gasteiger partial charge in [0, 0.05) is 29.9 Å². The summed E-state index contributed by atoms with van der Waals surface area (Å²) in [6, 6.07) is 14.2. The molecule has 1 aliphatic rings. The fourth-order valence-electron chi connectivity index (χ4n) is 3.49. The Hall–Kier alpha value is -2.93. The molecule has 3 rings (SSSR count). The quantitative estimate of drug-likeness (QED) is 0.586. The van der Waals surface area contributed by atoms with Gasteiger partial charge in [0.1, 0.15) is 5.75 Å². The van der Waals surface area contributed by atoms with Gasteiger partial charge in [-0.1, -0.05) is 26.0 Å². The molecule has 0 aliphatic carbocycles. The second-order valence-corrected chi connectivity index (χ2v) is 8.81. The monoisotopic (exact) mass is 453 g/mol. The van der Waals surface area contributed by atoms with Crippen molar-refractivity contribution in [1.82, 2.24) is 10.2 Å². The lowest BCUT2D eigenvalue weighted by atomic mass is 10.1. The fourth-order valence-corrected chi connectivity index (χ4v) is 3.70. The van der Waals surface area contributed by atoms with Crippen LogP contribution in [0, 0.1) is 5.92 Å². The largest absolute Gasteiger partial charge is 0.494 e. The van der Waals surface area contributed by atoms with Gasteiger partial charge in [-0.3, -0.25) is 14.9 Å². The molecule has 0 unspecified atom stereocenters. The third-order valence-electron chi connectivity index (χ3n) is 5.30. The molecule has 32 heavy (non-hydrogen) atoms. The first kappa shape index (κ1) is 23.7. The molecule has 6 nitrogen and oxygen atoms in total. The van der Waals surface area contributed by atoms with Crippen molar-refractivity contribution in [2.24, 2.45) is 5.92 Å². The topological polar surface area (TPSA) is 70.7 Å². The van der Waals surface area contributed by atoms with Crippen molar-refractivity contribution >= 4 is 34.8 Å². The second-order valence-electron chi connectivity index (χ2n) is 8.40. The zero-order valence-corrected chi connectivity index (χ0v) is 19.5. The van der Waals surface area contributed by atoms with E-state index in [1.807, 2.05) is 23.1 Å². The Morgan fingerprint density at radius 1 is 1.03 bits per heavy atom. The van der Waals surface area contributed by atoms with Gasteiger partial charge in [0.15, 0.2) is 5.11 Å². The molecule has 0 atom stereocenters. The van der Waals surface area contributed by atoms with Gasteiger partial charge in [-0.05, 0) is 80.2 Å². The van der Waals surface area contributed by atoms with E-state index in [0.29, 0.717) is 35.1 Å². The van der Waals surface area contributed by atoms with E-state index in [1.54, 1.807) is 30.3 Å². The van der Waals surface area contributed by atoms with E-state index in [4.69, 9.17) is 17.0 Å². The van der Waals surface area contributed by atoms with Gasteiger partial charge >= 0.3 is 0 Å². The van der Waals surface area contributed by atoms with Crippen molar-refractivity contribution in [1.29, 1.82) is 0 Å². The molecule has 0 aromatic heterocycles. The van der Waals surface area contributed by atoms with Crippen LogP contribution in [0.15, 0.2) is 48.5 Å². The summed E-state index contributed by atoms with van der Waals surface area (Å²) >= 11 is 5.31. The zero-order chi connectivity index (χ0) is 22.9. The van der Waals surface area contributed by atoms with Crippen LogP contribution in [-0.4, -0.2) is 41.5 Å². The number of likely N-dealkylation sites (tertiary alicyclic amines) is 1. The smallest absolute Gasteiger partial charge is 0.257 e. The standard InChI is InChI=1S/C25H31N3O3S/c1-18(2)12-15-31-22-11-7-8-19(17-22)23(29)27-25(32)26-21-10-6-9-20(16-21)24(30)28-13-4-3-5-14-28/h6-11,16-18H,3-5,12-15H2,1-2H3,(H2,26,27,29,32). The number of anilines is 1. The molecule has 0 bridgehead atoms. The number of nitrogens with zero attached hydrogens (tertiary/aromatic N) is 1. The maximum absolute atomic E-state index is 12.7. The molecular weight excluding hydrogens is 422 g/mol. The third-order valence-corrected chi connectivity index (χ3v) is 5.50. The van der Waals surface area contributed by atoms with Crippen LogP contribution in [0.4, 0.5) is 5.69 Å².